The number of thiazole rings is 1. The maximum atomic E-state index is 12.5. The van der Waals surface area contributed by atoms with Crippen molar-refractivity contribution in [1.82, 2.24) is 4.57 Å². The molecule has 0 fully saturated rings. The molecular weight excluding hydrogens is 364 g/mol. The van der Waals surface area contributed by atoms with Gasteiger partial charge in [-0.05, 0) is 5.56 Å². The highest BCUT2D eigenvalue weighted by Gasteiger charge is 2.13. The molecular formula is C20H22N2O4S. The van der Waals surface area contributed by atoms with Crippen molar-refractivity contribution in [2.24, 2.45) is 4.99 Å². The smallest absolute Gasteiger partial charge is 0.252 e. The SMILES string of the molecule is COCCn1c(=NC(=O)Cc2ccccc2)sc2cc(OC)c(OC)cc21. The lowest BCUT2D eigenvalue weighted by Gasteiger charge is -2.09. The molecule has 142 valence electrons. The van der Waals surface area contributed by atoms with Gasteiger partial charge in [0.2, 0.25) is 0 Å². The van der Waals surface area contributed by atoms with E-state index in [1.54, 1.807) is 21.3 Å². The first kappa shape index (κ1) is 19.1. The molecule has 0 spiro atoms. The normalized spacial score (nSPS) is 11.7. The Kier molecular flexibility index (Phi) is 6.26. The third-order valence-corrected chi connectivity index (χ3v) is 5.17. The summed E-state index contributed by atoms with van der Waals surface area (Å²) in [4.78, 5) is 17.5. The second-order valence-corrected chi connectivity index (χ2v) is 6.88. The molecule has 1 amide bonds. The minimum atomic E-state index is -0.183. The summed E-state index contributed by atoms with van der Waals surface area (Å²) in [7, 11) is 4.85. The van der Waals surface area contributed by atoms with Crippen LogP contribution in [0.5, 0.6) is 11.5 Å². The number of aromatic nitrogens is 1. The van der Waals surface area contributed by atoms with Gasteiger partial charge in [-0.3, -0.25) is 4.79 Å². The Morgan fingerprint density at radius 2 is 1.78 bits per heavy atom. The number of carbonyl (C=O) groups excluding carboxylic acids is 1. The van der Waals surface area contributed by atoms with Crippen molar-refractivity contribution in [3.8, 4) is 11.5 Å². The number of hydrogen-bond donors (Lipinski definition) is 0. The lowest BCUT2D eigenvalue weighted by Crippen LogP contribution is -2.19. The number of rotatable bonds is 7. The van der Waals surface area contributed by atoms with Gasteiger partial charge in [0, 0.05) is 25.8 Å². The second-order valence-electron chi connectivity index (χ2n) is 5.87. The fourth-order valence-electron chi connectivity index (χ4n) is 2.80. The van der Waals surface area contributed by atoms with Gasteiger partial charge in [-0.1, -0.05) is 41.7 Å². The number of ether oxygens (including phenoxy) is 3. The first-order valence-electron chi connectivity index (χ1n) is 8.52. The topological polar surface area (TPSA) is 62.1 Å². The van der Waals surface area contributed by atoms with Crippen LogP contribution >= 0.6 is 11.3 Å². The van der Waals surface area contributed by atoms with Gasteiger partial charge < -0.3 is 18.8 Å². The summed E-state index contributed by atoms with van der Waals surface area (Å²) in [5.74, 6) is 1.10. The van der Waals surface area contributed by atoms with Crippen molar-refractivity contribution in [2.75, 3.05) is 27.9 Å². The molecule has 0 radical (unpaired) electrons. The van der Waals surface area contributed by atoms with Gasteiger partial charge in [0.05, 0.1) is 37.5 Å². The number of carbonyl (C=O) groups is 1. The molecule has 0 atom stereocenters. The quantitative estimate of drug-likeness (QED) is 0.626. The predicted molar refractivity (Wildman–Crippen MR) is 106 cm³/mol. The third kappa shape index (κ3) is 4.37. The average molecular weight is 386 g/mol. The van der Waals surface area contributed by atoms with E-state index in [1.807, 2.05) is 47.0 Å². The Hall–Kier alpha value is -2.64. The summed E-state index contributed by atoms with van der Waals surface area (Å²) in [5.41, 5.74) is 1.88. The molecule has 6 nitrogen and oxygen atoms in total. The van der Waals surface area contributed by atoms with Crippen LogP contribution in [-0.4, -0.2) is 38.4 Å². The van der Waals surface area contributed by atoms with Gasteiger partial charge in [-0.2, -0.15) is 4.99 Å². The van der Waals surface area contributed by atoms with E-state index < -0.39 is 0 Å². The Morgan fingerprint density at radius 1 is 1.07 bits per heavy atom. The number of amides is 1. The zero-order valence-electron chi connectivity index (χ0n) is 15.6. The van der Waals surface area contributed by atoms with E-state index in [0.29, 0.717) is 29.5 Å². The van der Waals surface area contributed by atoms with Crippen molar-refractivity contribution in [3.63, 3.8) is 0 Å². The number of fused-ring (bicyclic) bond motifs is 1. The maximum Gasteiger partial charge on any atom is 0.252 e. The van der Waals surface area contributed by atoms with E-state index in [-0.39, 0.29) is 12.3 Å². The summed E-state index contributed by atoms with van der Waals surface area (Å²) in [6.07, 6.45) is 0.270. The number of nitrogens with zero attached hydrogens (tertiary/aromatic N) is 2. The first-order chi connectivity index (χ1) is 13.2. The molecule has 0 aliphatic heterocycles. The molecule has 0 aliphatic rings. The van der Waals surface area contributed by atoms with Crippen molar-refractivity contribution in [2.45, 2.75) is 13.0 Å². The summed E-state index contributed by atoms with van der Waals surface area (Å²) in [6, 6.07) is 13.4. The van der Waals surface area contributed by atoms with E-state index in [1.165, 1.54) is 11.3 Å². The summed E-state index contributed by atoms with van der Waals surface area (Å²) in [6.45, 7) is 1.10. The van der Waals surface area contributed by atoms with Gasteiger partial charge in [-0.15, -0.1) is 0 Å². The Bertz CT molecular complexity index is 992. The van der Waals surface area contributed by atoms with Crippen LogP contribution in [0, 0.1) is 0 Å². The van der Waals surface area contributed by atoms with Gasteiger partial charge in [-0.25, -0.2) is 0 Å². The van der Waals surface area contributed by atoms with Gasteiger partial charge >= 0.3 is 0 Å². The summed E-state index contributed by atoms with van der Waals surface area (Å²) >= 11 is 1.45. The van der Waals surface area contributed by atoms with Gasteiger partial charge in [0.25, 0.3) is 5.91 Å². The van der Waals surface area contributed by atoms with Crippen LogP contribution in [0.4, 0.5) is 0 Å². The van der Waals surface area contributed by atoms with E-state index in [2.05, 4.69) is 4.99 Å². The van der Waals surface area contributed by atoms with Crippen LogP contribution in [0.25, 0.3) is 10.2 Å². The molecule has 0 unspecified atom stereocenters. The van der Waals surface area contributed by atoms with Crippen LogP contribution in [0.2, 0.25) is 0 Å². The zero-order chi connectivity index (χ0) is 19.2. The summed E-state index contributed by atoms with van der Waals surface area (Å²) in [5, 5.41) is 0. The van der Waals surface area contributed by atoms with Gasteiger partial charge in [0.1, 0.15) is 0 Å². The molecule has 1 heterocycles. The third-order valence-electron chi connectivity index (χ3n) is 4.13. The fourth-order valence-corrected chi connectivity index (χ4v) is 3.88. The highest BCUT2D eigenvalue weighted by atomic mass is 32.1. The maximum absolute atomic E-state index is 12.5. The number of methoxy groups -OCH3 is 3. The summed E-state index contributed by atoms with van der Waals surface area (Å²) < 4.78 is 19.0. The largest absolute Gasteiger partial charge is 0.493 e. The molecule has 3 aromatic rings. The average Bonchev–Trinajstić information content (AvgIpc) is 3.01. The minimum Gasteiger partial charge on any atom is -0.493 e. The monoisotopic (exact) mass is 386 g/mol. The molecule has 0 saturated heterocycles. The van der Waals surface area contributed by atoms with E-state index in [9.17, 15) is 4.79 Å². The molecule has 0 bridgehead atoms. The highest BCUT2D eigenvalue weighted by molar-refractivity contribution is 7.16. The van der Waals surface area contributed by atoms with Crippen LogP contribution in [0.3, 0.4) is 0 Å². The van der Waals surface area contributed by atoms with Crippen LogP contribution in [0.1, 0.15) is 5.56 Å². The number of benzene rings is 2. The Labute approximate surface area is 161 Å². The van der Waals surface area contributed by atoms with E-state index in [4.69, 9.17) is 14.2 Å². The predicted octanol–water partition coefficient (Wildman–Crippen LogP) is 3.04. The molecule has 0 aliphatic carbocycles. The van der Waals surface area contributed by atoms with Crippen molar-refractivity contribution in [1.29, 1.82) is 0 Å². The lowest BCUT2D eigenvalue weighted by atomic mass is 10.1. The lowest BCUT2D eigenvalue weighted by molar-refractivity contribution is -0.117. The van der Waals surface area contributed by atoms with Crippen molar-refractivity contribution >= 4 is 27.5 Å². The van der Waals surface area contributed by atoms with Crippen LogP contribution < -0.4 is 14.3 Å². The fraction of sp³-hybridized carbons (Fsp3) is 0.300. The molecule has 7 heteroatoms. The molecule has 0 saturated carbocycles. The van der Waals surface area contributed by atoms with Crippen molar-refractivity contribution < 1.29 is 19.0 Å². The van der Waals surface area contributed by atoms with E-state index in [0.717, 1.165) is 15.8 Å². The molecule has 0 N–H and O–H groups in total. The Morgan fingerprint density at radius 3 is 2.44 bits per heavy atom. The molecule has 27 heavy (non-hydrogen) atoms. The van der Waals surface area contributed by atoms with Crippen molar-refractivity contribution in [3.05, 3.63) is 52.8 Å². The Balaban J connectivity index is 2.05. The second kappa shape index (κ2) is 8.83. The van der Waals surface area contributed by atoms with Crippen LogP contribution in [0.15, 0.2) is 47.5 Å². The zero-order valence-corrected chi connectivity index (χ0v) is 16.4. The first-order valence-corrected chi connectivity index (χ1v) is 9.33. The van der Waals surface area contributed by atoms with Crippen LogP contribution in [-0.2, 0) is 22.5 Å². The van der Waals surface area contributed by atoms with Gasteiger partial charge in [0.15, 0.2) is 16.3 Å². The van der Waals surface area contributed by atoms with E-state index >= 15 is 0 Å². The number of hydrogen-bond acceptors (Lipinski definition) is 5. The minimum absolute atomic E-state index is 0.183. The molecule has 1 aromatic heterocycles. The highest BCUT2D eigenvalue weighted by Crippen LogP contribution is 2.33. The molecule has 3 rings (SSSR count). The molecule has 2 aromatic carbocycles. The standard InChI is InChI=1S/C20H22N2O4S/c1-24-10-9-22-15-12-16(25-2)17(26-3)13-18(15)27-20(22)21-19(23)11-14-7-5-4-6-8-14/h4-8,12-13H,9-11H2,1-3H3.